The summed E-state index contributed by atoms with van der Waals surface area (Å²) in [6.45, 7) is 3.06. The van der Waals surface area contributed by atoms with Gasteiger partial charge in [-0.1, -0.05) is 12.8 Å². The first kappa shape index (κ1) is 35.0. The lowest BCUT2D eigenvalue weighted by Gasteiger charge is -2.34. The largest absolute Gasteiger partial charge is 0.465 e. The molecule has 266 valence electrons. The van der Waals surface area contributed by atoms with Crippen LogP contribution in [0.2, 0.25) is 0 Å². The number of anilines is 3. The lowest BCUT2D eigenvalue weighted by Crippen LogP contribution is -2.37. The van der Waals surface area contributed by atoms with Crippen LogP contribution in [0.25, 0.3) is 22.4 Å². The van der Waals surface area contributed by atoms with Crippen LogP contribution < -0.4 is 15.1 Å². The maximum Gasteiger partial charge on any atom is 0.418 e. The smallest absolute Gasteiger partial charge is 0.418 e. The molecule has 1 amide bonds. The monoisotopic (exact) mass is 695 g/mol. The number of esters is 1. The molecule has 0 aliphatic heterocycles. The summed E-state index contributed by atoms with van der Waals surface area (Å²) in [5.41, 5.74) is 1.03. The van der Waals surface area contributed by atoms with Gasteiger partial charge in [-0.15, -0.1) is 0 Å². The highest BCUT2D eigenvalue weighted by Gasteiger charge is 2.40. The number of ether oxygens (including phenoxy) is 2. The highest BCUT2D eigenvalue weighted by Crippen LogP contribution is 2.46. The van der Waals surface area contributed by atoms with Crippen LogP contribution in [0.15, 0.2) is 30.7 Å². The second-order valence-electron chi connectivity index (χ2n) is 13.1. The Morgan fingerprint density at radius 1 is 1.06 bits per heavy atom. The predicted octanol–water partition coefficient (Wildman–Crippen LogP) is 5.60. The summed E-state index contributed by atoms with van der Waals surface area (Å²) in [4.78, 5) is 53.7. The maximum atomic E-state index is 14.2. The Balaban J connectivity index is 1.35. The Bertz CT molecular complexity index is 1870. The minimum atomic E-state index is -4.57. The van der Waals surface area contributed by atoms with E-state index < -0.39 is 23.6 Å². The van der Waals surface area contributed by atoms with Crippen molar-refractivity contribution in [3.8, 4) is 11.3 Å². The molecule has 0 atom stereocenters. The summed E-state index contributed by atoms with van der Waals surface area (Å²) in [5.74, 6) is -0.848. The van der Waals surface area contributed by atoms with Gasteiger partial charge in [0.1, 0.15) is 29.9 Å². The number of amides is 1. The number of H-pyrrole nitrogens is 1. The Morgan fingerprint density at radius 2 is 1.82 bits per heavy atom. The number of likely N-dealkylation sites (N-methyl/N-ethyl adjacent to an activating group) is 1. The fourth-order valence-corrected chi connectivity index (χ4v) is 6.70. The topological polar surface area (TPSA) is 151 Å². The number of fused-ring (bicyclic) bond motifs is 1. The van der Waals surface area contributed by atoms with Crippen molar-refractivity contribution in [2.45, 2.75) is 57.5 Å². The average Bonchev–Trinajstić information content (AvgIpc) is 3.70. The molecule has 0 aromatic carbocycles. The molecule has 2 saturated carbocycles. The molecule has 2 fully saturated rings. The molecular weight excluding hydrogens is 655 g/mol. The van der Waals surface area contributed by atoms with E-state index in [4.69, 9.17) is 9.47 Å². The van der Waals surface area contributed by atoms with E-state index in [2.05, 4.69) is 35.2 Å². The number of aromatic amines is 1. The molecule has 4 aromatic heterocycles. The molecule has 50 heavy (non-hydrogen) atoms. The Labute approximate surface area is 287 Å². The van der Waals surface area contributed by atoms with E-state index >= 15 is 0 Å². The van der Waals surface area contributed by atoms with E-state index in [0.29, 0.717) is 43.0 Å². The summed E-state index contributed by atoms with van der Waals surface area (Å²) < 4.78 is 53.2. The zero-order valence-corrected chi connectivity index (χ0v) is 28.4. The van der Waals surface area contributed by atoms with E-state index in [-0.39, 0.29) is 58.7 Å². The molecule has 0 bridgehead atoms. The van der Waals surface area contributed by atoms with Crippen molar-refractivity contribution in [2.24, 2.45) is 5.41 Å². The van der Waals surface area contributed by atoms with Crippen molar-refractivity contribution in [1.82, 2.24) is 29.9 Å². The van der Waals surface area contributed by atoms with Gasteiger partial charge in [-0.25, -0.2) is 15.0 Å². The first-order valence-electron chi connectivity index (χ1n) is 16.6. The third-order valence-electron chi connectivity index (χ3n) is 9.20. The fourth-order valence-electron chi connectivity index (χ4n) is 6.70. The van der Waals surface area contributed by atoms with Gasteiger partial charge in [-0.2, -0.15) is 18.2 Å². The molecule has 13 nitrogen and oxygen atoms in total. The molecule has 4 aromatic rings. The van der Waals surface area contributed by atoms with Gasteiger partial charge in [0.2, 0.25) is 5.95 Å². The van der Waals surface area contributed by atoms with Crippen LogP contribution in [0.4, 0.5) is 30.6 Å². The number of carbonyl (C=O) groups excluding carboxylic acids is 2. The van der Waals surface area contributed by atoms with Gasteiger partial charge < -0.3 is 24.3 Å². The fraction of sp³-hybridized carbons (Fsp3) is 0.500. The average molecular weight is 696 g/mol. The van der Waals surface area contributed by atoms with Crippen molar-refractivity contribution in [2.75, 3.05) is 62.6 Å². The molecule has 4 heterocycles. The van der Waals surface area contributed by atoms with Crippen LogP contribution >= 0.6 is 0 Å². The quantitative estimate of drug-likeness (QED) is 0.168. The number of nitrogens with zero attached hydrogens (tertiary/aromatic N) is 7. The Kier molecular flexibility index (Phi) is 9.91. The number of alkyl halides is 3. The summed E-state index contributed by atoms with van der Waals surface area (Å²) in [6.07, 6.45) is 3.56. The molecule has 0 unspecified atom stereocenters. The first-order valence-corrected chi connectivity index (χ1v) is 16.6. The van der Waals surface area contributed by atoms with Crippen molar-refractivity contribution in [3.05, 3.63) is 47.7 Å². The van der Waals surface area contributed by atoms with Crippen molar-refractivity contribution in [3.63, 3.8) is 0 Å². The number of halogens is 3. The third-order valence-corrected chi connectivity index (χ3v) is 9.20. The van der Waals surface area contributed by atoms with E-state index in [1.807, 2.05) is 11.9 Å². The van der Waals surface area contributed by atoms with Crippen LogP contribution in [0.1, 0.15) is 73.1 Å². The van der Waals surface area contributed by atoms with E-state index in [9.17, 15) is 22.8 Å². The SMILES string of the molecule is CCOC(=O)CN(C)c1cc(C(=O)Nc2nc3nc(-c4cnc(C5CC5)c(C(F)(F)F)c4)cc(N(C)CC4(COC)CCCC4)c3[nH]2)ncn1. The molecule has 2 N–H and O–H groups in total. The Morgan fingerprint density at radius 3 is 2.50 bits per heavy atom. The second kappa shape index (κ2) is 14.2. The van der Waals surface area contributed by atoms with Gasteiger partial charge in [0.05, 0.1) is 35.9 Å². The number of nitrogens with one attached hydrogen (secondary N) is 2. The maximum absolute atomic E-state index is 14.2. The van der Waals surface area contributed by atoms with E-state index in [1.54, 1.807) is 27.1 Å². The predicted molar refractivity (Wildman–Crippen MR) is 180 cm³/mol. The first-order chi connectivity index (χ1) is 23.9. The lowest BCUT2D eigenvalue weighted by molar-refractivity contribution is -0.141. The van der Waals surface area contributed by atoms with E-state index in [0.717, 1.165) is 31.7 Å². The normalized spacial score (nSPS) is 15.7. The number of pyridine rings is 2. The van der Waals surface area contributed by atoms with Crippen LogP contribution in [0, 0.1) is 5.41 Å². The Hall–Kier alpha value is -4.86. The van der Waals surface area contributed by atoms with E-state index in [1.165, 1.54) is 23.5 Å². The molecule has 2 aliphatic rings. The van der Waals surface area contributed by atoms with Crippen LogP contribution in [-0.4, -0.2) is 89.3 Å². The van der Waals surface area contributed by atoms with Crippen LogP contribution in [0.3, 0.4) is 0 Å². The van der Waals surface area contributed by atoms with Crippen molar-refractivity contribution >= 4 is 40.5 Å². The summed E-state index contributed by atoms with van der Waals surface area (Å²) in [5, 5.41) is 2.71. The number of hydrogen-bond donors (Lipinski definition) is 2. The van der Waals surface area contributed by atoms with Gasteiger partial charge in [-0.05, 0) is 44.7 Å². The zero-order chi connectivity index (χ0) is 35.6. The number of rotatable bonds is 13. The third kappa shape index (κ3) is 7.64. The van der Waals surface area contributed by atoms with Crippen molar-refractivity contribution < 1.29 is 32.2 Å². The number of aromatic nitrogens is 6. The van der Waals surface area contributed by atoms with Gasteiger partial charge >= 0.3 is 12.1 Å². The minimum absolute atomic E-state index is 0.0152. The summed E-state index contributed by atoms with van der Waals surface area (Å²) in [6, 6.07) is 4.27. The summed E-state index contributed by atoms with van der Waals surface area (Å²) in [7, 11) is 5.23. The van der Waals surface area contributed by atoms with Crippen molar-refractivity contribution in [1.29, 1.82) is 0 Å². The van der Waals surface area contributed by atoms with Gasteiger partial charge in [0, 0.05) is 56.9 Å². The van der Waals surface area contributed by atoms with Gasteiger partial charge in [0.15, 0.2) is 5.65 Å². The molecular formula is C34H40F3N9O4. The number of methoxy groups -OCH3 is 1. The highest BCUT2D eigenvalue weighted by molar-refractivity contribution is 6.03. The van der Waals surface area contributed by atoms with Gasteiger partial charge in [0.25, 0.3) is 5.91 Å². The highest BCUT2D eigenvalue weighted by atomic mass is 19.4. The number of carbonyl (C=O) groups is 2. The minimum Gasteiger partial charge on any atom is -0.465 e. The molecule has 0 saturated heterocycles. The second-order valence-corrected chi connectivity index (χ2v) is 13.1. The number of hydrogen-bond acceptors (Lipinski definition) is 11. The number of imidazole rings is 1. The van der Waals surface area contributed by atoms with Crippen LogP contribution in [0.5, 0.6) is 0 Å². The molecule has 0 spiro atoms. The molecule has 2 aliphatic carbocycles. The molecule has 16 heteroatoms. The van der Waals surface area contributed by atoms with Crippen LogP contribution in [-0.2, 0) is 20.4 Å². The standard InChI is InChI=1S/C34H40F3N9O4/c1-5-50-27(47)16-45(2)26-14-24(39-19-40-26)31(48)44-32-42-29-25(46(3)17-33(18-49-4)10-6-7-11-33)13-23(41-30(29)43-32)21-12-22(34(35,36)37)28(38-15-21)20-8-9-20/h12-15,19-20H,5-11,16-18H2,1-4H3,(H2,41,42,43,44,48). The molecule has 6 rings (SSSR count). The molecule has 0 radical (unpaired) electrons. The lowest BCUT2D eigenvalue weighted by atomic mass is 9.86. The van der Waals surface area contributed by atoms with Gasteiger partial charge in [-0.3, -0.25) is 19.9 Å². The summed E-state index contributed by atoms with van der Waals surface area (Å²) >= 11 is 0. The zero-order valence-electron chi connectivity index (χ0n) is 28.4.